The maximum atomic E-state index is 12.6. The molecule has 1 aliphatic rings. The number of fused-ring (bicyclic) bond motifs is 2. The van der Waals surface area contributed by atoms with Crippen molar-refractivity contribution in [1.82, 2.24) is 14.5 Å². The van der Waals surface area contributed by atoms with E-state index in [-0.39, 0.29) is 12.1 Å². The summed E-state index contributed by atoms with van der Waals surface area (Å²) in [5.74, 6) is 0. The largest absolute Gasteiger partial charge is 0.348 e. The smallest absolute Gasteiger partial charge is 0.324 e. The fourth-order valence-corrected chi connectivity index (χ4v) is 3.80. The van der Waals surface area contributed by atoms with Crippen molar-refractivity contribution >= 4 is 32.7 Å². The Morgan fingerprint density at radius 3 is 3.00 bits per heavy atom. The van der Waals surface area contributed by atoms with Crippen LogP contribution in [0.2, 0.25) is 0 Å². The van der Waals surface area contributed by atoms with Crippen molar-refractivity contribution in [1.29, 1.82) is 0 Å². The van der Waals surface area contributed by atoms with Crippen LogP contribution in [0, 0.1) is 0 Å². The van der Waals surface area contributed by atoms with Gasteiger partial charge in [0.25, 0.3) is 0 Å². The van der Waals surface area contributed by atoms with Gasteiger partial charge < -0.3 is 9.47 Å². The molecule has 112 valence electrons. The molecule has 1 atom stereocenters. The molecule has 0 fully saturated rings. The van der Waals surface area contributed by atoms with E-state index < -0.39 is 0 Å². The third-order valence-electron chi connectivity index (χ3n) is 4.11. The van der Waals surface area contributed by atoms with Gasteiger partial charge >= 0.3 is 6.03 Å². The third-order valence-corrected chi connectivity index (χ3v) is 5.06. The van der Waals surface area contributed by atoms with Crippen molar-refractivity contribution in [2.24, 2.45) is 0 Å². The van der Waals surface area contributed by atoms with Crippen molar-refractivity contribution in [2.75, 3.05) is 11.9 Å². The average molecular weight is 312 g/mol. The lowest BCUT2D eigenvalue weighted by molar-refractivity contribution is 0.175. The topological polar surface area (TPSA) is 50.2 Å². The van der Waals surface area contributed by atoms with Crippen LogP contribution in [0.15, 0.2) is 42.6 Å². The summed E-state index contributed by atoms with van der Waals surface area (Å²) in [6, 6.07) is 12.0. The Balaban J connectivity index is 1.55. The number of amides is 2. The lowest BCUT2D eigenvalue weighted by atomic mass is 10.1. The predicted octanol–water partition coefficient (Wildman–Crippen LogP) is 3.71. The number of anilines is 1. The number of nitrogens with one attached hydrogen (secondary N) is 1. The van der Waals surface area contributed by atoms with Crippen LogP contribution in [0.4, 0.5) is 9.93 Å². The van der Waals surface area contributed by atoms with E-state index in [9.17, 15) is 4.79 Å². The SMILES string of the molecule is C[C@@H]1c2cccn2CCN1C(=O)Nc1nc2ccccc2s1. The van der Waals surface area contributed by atoms with Gasteiger partial charge in [-0.2, -0.15) is 0 Å². The Hall–Kier alpha value is -2.34. The van der Waals surface area contributed by atoms with Crippen LogP contribution in [0.25, 0.3) is 10.2 Å². The Morgan fingerprint density at radius 2 is 2.14 bits per heavy atom. The standard InChI is InChI=1S/C16H16N4OS/c1-11-13-6-4-8-19(13)9-10-20(11)16(21)18-15-17-12-5-2-3-7-14(12)22-15/h2-8,11H,9-10H2,1H3,(H,17,18,21)/t11-/m1/s1. The van der Waals surface area contributed by atoms with Gasteiger partial charge in [-0.3, -0.25) is 5.32 Å². The van der Waals surface area contributed by atoms with E-state index >= 15 is 0 Å². The minimum atomic E-state index is -0.0843. The normalized spacial score (nSPS) is 17.5. The van der Waals surface area contributed by atoms with Crippen LogP contribution in [0.5, 0.6) is 0 Å². The van der Waals surface area contributed by atoms with Crippen LogP contribution < -0.4 is 5.32 Å². The van der Waals surface area contributed by atoms with Gasteiger partial charge in [0.05, 0.1) is 16.3 Å². The highest BCUT2D eigenvalue weighted by Crippen LogP contribution is 2.28. The lowest BCUT2D eigenvalue weighted by Crippen LogP contribution is -2.42. The fourth-order valence-electron chi connectivity index (χ4n) is 2.95. The zero-order valence-electron chi connectivity index (χ0n) is 12.2. The monoisotopic (exact) mass is 312 g/mol. The van der Waals surface area contributed by atoms with Gasteiger partial charge in [0.1, 0.15) is 0 Å². The van der Waals surface area contributed by atoms with Crippen LogP contribution in [0.3, 0.4) is 0 Å². The number of carbonyl (C=O) groups excluding carboxylic acids is 1. The molecule has 0 saturated heterocycles. The summed E-state index contributed by atoms with van der Waals surface area (Å²) in [5, 5.41) is 3.59. The molecule has 6 heteroatoms. The van der Waals surface area contributed by atoms with E-state index in [1.165, 1.54) is 17.0 Å². The van der Waals surface area contributed by atoms with Crippen molar-refractivity contribution < 1.29 is 4.79 Å². The summed E-state index contributed by atoms with van der Waals surface area (Å²) in [6.07, 6.45) is 2.06. The summed E-state index contributed by atoms with van der Waals surface area (Å²) in [5.41, 5.74) is 2.09. The molecule has 3 heterocycles. The predicted molar refractivity (Wildman–Crippen MR) is 88.2 cm³/mol. The van der Waals surface area contributed by atoms with Crippen LogP contribution in [0.1, 0.15) is 18.7 Å². The molecule has 1 aromatic carbocycles. The second-order valence-corrected chi connectivity index (χ2v) is 6.44. The van der Waals surface area contributed by atoms with Crippen molar-refractivity contribution in [3.63, 3.8) is 0 Å². The summed E-state index contributed by atoms with van der Waals surface area (Å²) >= 11 is 1.50. The Kier molecular flexibility index (Phi) is 3.11. The quantitative estimate of drug-likeness (QED) is 0.745. The second kappa shape index (κ2) is 5.14. The van der Waals surface area contributed by atoms with Crippen molar-refractivity contribution in [3.05, 3.63) is 48.3 Å². The van der Waals surface area contributed by atoms with Gasteiger partial charge in [0.2, 0.25) is 0 Å². The first-order valence-electron chi connectivity index (χ1n) is 7.30. The maximum absolute atomic E-state index is 12.6. The third kappa shape index (κ3) is 2.16. The molecule has 1 aliphatic heterocycles. The first-order valence-corrected chi connectivity index (χ1v) is 8.12. The molecule has 0 unspecified atom stereocenters. The van der Waals surface area contributed by atoms with E-state index in [0.717, 1.165) is 16.8 Å². The van der Waals surface area contributed by atoms with Gasteiger partial charge in [-0.05, 0) is 31.2 Å². The zero-order valence-corrected chi connectivity index (χ0v) is 13.0. The molecule has 1 N–H and O–H groups in total. The molecule has 4 rings (SSSR count). The molecule has 0 aliphatic carbocycles. The Bertz CT molecular complexity index is 804. The first kappa shape index (κ1) is 13.3. The number of benzene rings is 1. The lowest BCUT2D eigenvalue weighted by Gasteiger charge is -2.34. The highest BCUT2D eigenvalue weighted by Gasteiger charge is 2.27. The number of carbonyl (C=O) groups is 1. The first-order chi connectivity index (χ1) is 10.7. The summed E-state index contributed by atoms with van der Waals surface area (Å²) in [4.78, 5) is 18.9. The van der Waals surface area contributed by atoms with E-state index in [0.29, 0.717) is 11.7 Å². The number of aromatic nitrogens is 2. The summed E-state index contributed by atoms with van der Waals surface area (Å²) in [6.45, 7) is 3.60. The Morgan fingerprint density at radius 1 is 1.27 bits per heavy atom. The van der Waals surface area contributed by atoms with Gasteiger partial charge in [-0.1, -0.05) is 23.5 Å². The van der Waals surface area contributed by atoms with Crippen molar-refractivity contribution in [3.8, 4) is 0 Å². The second-order valence-electron chi connectivity index (χ2n) is 5.41. The molecule has 22 heavy (non-hydrogen) atoms. The van der Waals surface area contributed by atoms with Crippen molar-refractivity contribution in [2.45, 2.75) is 19.5 Å². The molecular weight excluding hydrogens is 296 g/mol. The molecular formula is C16H16N4OS. The van der Waals surface area contributed by atoms with Gasteiger partial charge in [-0.15, -0.1) is 0 Å². The number of hydrogen-bond acceptors (Lipinski definition) is 3. The maximum Gasteiger partial charge on any atom is 0.324 e. The van der Waals surface area contributed by atoms with E-state index in [1.807, 2.05) is 35.2 Å². The number of thiazole rings is 1. The molecule has 2 aromatic heterocycles. The van der Waals surface area contributed by atoms with Gasteiger partial charge in [0, 0.05) is 25.0 Å². The van der Waals surface area contributed by atoms with Gasteiger partial charge in [-0.25, -0.2) is 9.78 Å². The molecule has 0 radical (unpaired) electrons. The summed E-state index contributed by atoms with van der Waals surface area (Å²) < 4.78 is 3.28. The molecule has 0 spiro atoms. The van der Waals surface area contributed by atoms with Crippen LogP contribution in [-0.2, 0) is 6.54 Å². The number of nitrogens with zero attached hydrogens (tertiary/aromatic N) is 3. The minimum absolute atomic E-state index is 0.0677. The molecule has 0 saturated carbocycles. The summed E-state index contributed by atoms with van der Waals surface area (Å²) in [7, 11) is 0. The number of para-hydroxylation sites is 1. The number of rotatable bonds is 1. The number of urea groups is 1. The zero-order chi connectivity index (χ0) is 15.1. The van der Waals surface area contributed by atoms with E-state index in [2.05, 4.69) is 34.1 Å². The molecule has 2 amide bonds. The minimum Gasteiger partial charge on any atom is -0.348 e. The fraction of sp³-hybridized carbons (Fsp3) is 0.250. The van der Waals surface area contributed by atoms with Crippen LogP contribution in [-0.4, -0.2) is 27.0 Å². The highest BCUT2D eigenvalue weighted by molar-refractivity contribution is 7.22. The van der Waals surface area contributed by atoms with E-state index in [4.69, 9.17) is 0 Å². The molecule has 3 aromatic rings. The Labute approximate surface area is 132 Å². The van der Waals surface area contributed by atoms with E-state index in [1.54, 1.807) is 0 Å². The molecule has 5 nitrogen and oxygen atoms in total. The number of hydrogen-bond donors (Lipinski definition) is 1. The van der Waals surface area contributed by atoms with Crippen LogP contribution >= 0.6 is 11.3 Å². The molecule has 0 bridgehead atoms. The van der Waals surface area contributed by atoms with Gasteiger partial charge in [0.15, 0.2) is 5.13 Å². The average Bonchev–Trinajstić information content (AvgIpc) is 3.13. The highest BCUT2D eigenvalue weighted by atomic mass is 32.1.